The Kier molecular flexibility index (Phi) is 4.41. The molecular formula is C15H19NO7S. The molecule has 0 aliphatic carbocycles. The second-order valence-electron chi connectivity index (χ2n) is 6.13. The molecule has 1 fully saturated rings. The second kappa shape index (κ2) is 6.23. The topological polar surface area (TPSA) is 122 Å². The number of sulfonamides is 1. The van der Waals surface area contributed by atoms with Gasteiger partial charge in [0.15, 0.2) is 0 Å². The number of fused-ring (bicyclic) bond motifs is 3. The van der Waals surface area contributed by atoms with E-state index in [-0.39, 0.29) is 18.9 Å². The number of carbonyl (C=O) groups is 1. The van der Waals surface area contributed by atoms with Gasteiger partial charge in [0.1, 0.15) is 18.0 Å². The van der Waals surface area contributed by atoms with Gasteiger partial charge < -0.3 is 19.7 Å². The Morgan fingerprint density at radius 3 is 2.79 bits per heavy atom. The first-order chi connectivity index (χ1) is 11.3. The average Bonchev–Trinajstić information content (AvgIpc) is 2.82. The molecule has 2 aliphatic heterocycles. The molecule has 2 heterocycles. The first-order valence-electron chi connectivity index (χ1n) is 7.53. The lowest BCUT2D eigenvalue weighted by atomic mass is 9.84. The number of nitrogens with one attached hydrogen (secondary N) is 1. The zero-order valence-corrected chi connectivity index (χ0v) is 13.8. The van der Waals surface area contributed by atoms with Crippen LogP contribution in [0.15, 0.2) is 18.2 Å². The lowest BCUT2D eigenvalue weighted by Crippen LogP contribution is -2.46. The summed E-state index contributed by atoms with van der Waals surface area (Å²) in [5.74, 6) is -0.527. The Morgan fingerprint density at radius 2 is 2.17 bits per heavy atom. The van der Waals surface area contributed by atoms with Crippen molar-refractivity contribution in [2.24, 2.45) is 0 Å². The van der Waals surface area contributed by atoms with Crippen LogP contribution >= 0.6 is 0 Å². The summed E-state index contributed by atoms with van der Waals surface area (Å²) < 4.78 is 36.7. The van der Waals surface area contributed by atoms with Crippen LogP contribution in [0.4, 0.5) is 5.69 Å². The SMILES string of the molecule is CS(=O)(=O)Nc1ccc2c(c1)[C@@H]1C[C@H](CC(=O)O)O[C@H](CO)[C@@H]1O2. The van der Waals surface area contributed by atoms with Gasteiger partial charge in [0.25, 0.3) is 0 Å². The van der Waals surface area contributed by atoms with Crippen LogP contribution in [0.5, 0.6) is 5.75 Å². The minimum absolute atomic E-state index is 0.156. The fraction of sp³-hybridized carbons (Fsp3) is 0.533. The van der Waals surface area contributed by atoms with Gasteiger partial charge in [0.2, 0.25) is 10.0 Å². The van der Waals surface area contributed by atoms with Gasteiger partial charge in [-0.1, -0.05) is 0 Å². The van der Waals surface area contributed by atoms with E-state index in [2.05, 4.69) is 4.72 Å². The van der Waals surface area contributed by atoms with Crippen molar-refractivity contribution in [2.45, 2.75) is 37.1 Å². The summed E-state index contributed by atoms with van der Waals surface area (Å²) in [4.78, 5) is 11.0. The van der Waals surface area contributed by atoms with Crippen LogP contribution in [0.2, 0.25) is 0 Å². The summed E-state index contributed by atoms with van der Waals surface area (Å²) in [6.07, 6.45) is -0.213. The molecule has 0 bridgehead atoms. The number of carboxylic acid groups (broad SMARTS) is 1. The number of carboxylic acids is 1. The standard InChI is InChI=1S/C15H19NO7S/c1-24(20,21)16-8-2-3-12-10(4-8)11-5-9(6-14(18)19)22-13(7-17)15(11)23-12/h2-4,9,11,13,15-17H,5-7H2,1H3,(H,18,19)/t9-,11+,13-,15-/m1/s1. The molecule has 24 heavy (non-hydrogen) atoms. The van der Waals surface area contributed by atoms with Gasteiger partial charge in [-0.25, -0.2) is 8.42 Å². The van der Waals surface area contributed by atoms with E-state index >= 15 is 0 Å². The maximum Gasteiger partial charge on any atom is 0.305 e. The smallest absolute Gasteiger partial charge is 0.305 e. The molecule has 0 radical (unpaired) electrons. The summed E-state index contributed by atoms with van der Waals surface area (Å²) in [5, 5.41) is 18.5. The molecule has 3 rings (SSSR count). The van der Waals surface area contributed by atoms with Gasteiger partial charge in [-0.15, -0.1) is 0 Å². The summed E-state index contributed by atoms with van der Waals surface area (Å²) >= 11 is 0. The Bertz CT molecular complexity index is 748. The molecular weight excluding hydrogens is 338 g/mol. The highest BCUT2D eigenvalue weighted by molar-refractivity contribution is 7.92. The number of hydrogen-bond acceptors (Lipinski definition) is 6. The van der Waals surface area contributed by atoms with Crippen molar-refractivity contribution in [3.63, 3.8) is 0 Å². The Hall–Kier alpha value is -1.84. The number of aliphatic hydroxyl groups is 1. The number of aliphatic carboxylic acids is 1. The molecule has 1 aromatic carbocycles. The second-order valence-corrected chi connectivity index (χ2v) is 7.88. The van der Waals surface area contributed by atoms with E-state index in [0.29, 0.717) is 17.9 Å². The summed E-state index contributed by atoms with van der Waals surface area (Å²) in [6.45, 7) is -0.278. The Balaban J connectivity index is 1.89. The van der Waals surface area contributed by atoms with Crippen molar-refractivity contribution in [3.05, 3.63) is 23.8 Å². The molecule has 132 valence electrons. The zero-order chi connectivity index (χ0) is 17.5. The maximum absolute atomic E-state index is 11.4. The quantitative estimate of drug-likeness (QED) is 0.702. The summed E-state index contributed by atoms with van der Waals surface area (Å²) in [7, 11) is -3.40. The predicted molar refractivity (Wildman–Crippen MR) is 84.7 cm³/mol. The van der Waals surface area contributed by atoms with Gasteiger partial charge in [-0.3, -0.25) is 9.52 Å². The molecule has 1 saturated heterocycles. The van der Waals surface area contributed by atoms with E-state index in [4.69, 9.17) is 14.6 Å². The van der Waals surface area contributed by atoms with Gasteiger partial charge in [-0.2, -0.15) is 0 Å². The predicted octanol–water partition coefficient (Wildman–Crippen LogP) is 0.527. The van der Waals surface area contributed by atoms with E-state index < -0.39 is 34.3 Å². The fourth-order valence-corrected chi connectivity index (χ4v) is 3.92. The third-order valence-corrected chi connectivity index (χ3v) is 4.81. The van der Waals surface area contributed by atoms with Crippen LogP contribution in [-0.2, 0) is 19.6 Å². The molecule has 3 N–H and O–H groups in total. The largest absolute Gasteiger partial charge is 0.487 e. The van der Waals surface area contributed by atoms with Crippen LogP contribution in [0.1, 0.15) is 24.3 Å². The summed E-state index contributed by atoms with van der Waals surface area (Å²) in [6, 6.07) is 4.96. The van der Waals surface area contributed by atoms with E-state index in [1.54, 1.807) is 18.2 Å². The third-order valence-electron chi connectivity index (χ3n) is 4.20. The minimum Gasteiger partial charge on any atom is -0.487 e. The maximum atomic E-state index is 11.4. The molecule has 0 saturated carbocycles. The highest BCUT2D eigenvalue weighted by atomic mass is 32.2. The Morgan fingerprint density at radius 1 is 1.42 bits per heavy atom. The van der Waals surface area contributed by atoms with Crippen LogP contribution in [0, 0.1) is 0 Å². The zero-order valence-electron chi connectivity index (χ0n) is 13.0. The molecule has 4 atom stereocenters. The van der Waals surface area contributed by atoms with Gasteiger partial charge >= 0.3 is 5.97 Å². The molecule has 0 amide bonds. The molecule has 0 unspecified atom stereocenters. The highest BCUT2D eigenvalue weighted by Gasteiger charge is 2.46. The normalized spacial score (nSPS) is 28.6. The van der Waals surface area contributed by atoms with Gasteiger partial charge in [-0.05, 0) is 24.6 Å². The van der Waals surface area contributed by atoms with Crippen LogP contribution < -0.4 is 9.46 Å². The minimum atomic E-state index is -3.40. The summed E-state index contributed by atoms with van der Waals surface area (Å²) in [5.41, 5.74) is 1.22. The number of anilines is 1. The number of benzene rings is 1. The third kappa shape index (κ3) is 3.47. The van der Waals surface area contributed by atoms with Crippen molar-refractivity contribution in [1.82, 2.24) is 0 Å². The molecule has 8 nitrogen and oxygen atoms in total. The Labute approximate surface area is 139 Å². The van der Waals surface area contributed by atoms with E-state index in [1.165, 1.54) is 0 Å². The average molecular weight is 357 g/mol. The lowest BCUT2D eigenvalue weighted by molar-refractivity contribution is -0.153. The highest BCUT2D eigenvalue weighted by Crippen LogP contribution is 2.47. The molecule has 2 aliphatic rings. The van der Waals surface area contributed by atoms with Crippen LogP contribution in [0.3, 0.4) is 0 Å². The van der Waals surface area contributed by atoms with Crippen molar-refractivity contribution < 1.29 is 32.9 Å². The lowest BCUT2D eigenvalue weighted by Gasteiger charge is -2.36. The molecule has 0 aromatic heterocycles. The van der Waals surface area contributed by atoms with Crippen molar-refractivity contribution in [2.75, 3.05) is 17.6 Å². The van der Waals surface area contributed by atoms with E-state index in [0.717, 1.165) is 11.8 Å². The van der Waals surface area contributed by atoms with Crippen molar-refractivity contribution in [3.8, 4) is 5.75 Å². The van der Waals surface area contributed by atoms with Crippen molar-refractivity contribution >= 4 is 21.7 Å². The number of hydrogen-bond donors (Lipinski definition) is 3. The molecule has 9 heteroatoms. The first kappa shape index (κ1) is 17.0. The number of aliphatic hydroxyl groups excluding tert-OH is 1. The van der Waals surface area contributed by atoms with Crippen LogP contribution in [-0.4, -0.2) is 55.8 Å². The monoisotopic (exact) mass is 357 g/mol. The van der Waals surface area contributed by atoms with E-state index in [1.807, 2.05) is 0 Å². The van der Waals surface area contributed by atoms with Gasteiger partial charge in [0, 0.05) is 17.2 Å². The fourth-order valence-electron chi connectivity index (χ4n) is 3.36. The van der Waals surface area contributed by atoms with E-state index in [9.17, 15) is 18.3 Å². The first-order valence-corrected chi connectivity index (χ1v) is 9.42. The number of ether oxygens (including phenoxy) is 2. The van der Waals surface area contributed by atoms with Gasteiger partial charge in [0.05, 0.1) is 25.4 Å². The number of rotatable bonds is 5. The van der Waals surface area contributed by atoms with Crippen LogP contribution in [0.25, 0.3) is 0 Å². The molecule has 0 spiro atoms. The molecule has 1 aromatic rings. The van der Waals surface area contributed by atoms with Crippen molar-refractivity contribution in [1.29, 1.82) is 0 Å².